The first-order valence-electron chi connectivity index (χ1n) is 11.2. The Bertz CT molecular complexity index is 477. The summed E-state index contributed by atoms with van der Waals surface area (Å²) in [7, 11) is 1.84. The van der Waals surface area contributed by atoms with Crippen LogP contribution in [-0.2, 0) is 4.79 Å². The quantitative estimate of drug-likeness (QED) is 0.386. The van der Waals surface area contributed by atoms with Crippen LogP contribution >= 0.6 is 0 Å². The largest absolute Gasteiger partial charge is 0.356 e. The smallest absolute Gasteiger partial charge is 0.225 e. The first kappa shape index (κ1) is 20.4. The summed E-state index contributed by atoms with van der Waals surface area (Å²) in [6.07, 6.45) is 11.8. The number of hydrogen-bond acceptors (Lipinski definition) is 3. The first-order chi connectivity index (χ1) is 13.3. The fourth-order valence-corrected chi connectivity index (χ4v) is 4.55. The van der Waals surface area contributed by atoms with E-state index in [0.717, 1.165) is 70.5 Å². The van der Waals surface area contributed by atoms with E-state index in [4.69, 9.17) is 0 Å². The normalized spacial score (nSPS) is 22.7. The van der Waals surface area contributed by atoms with E-state index >= 15 is 0 Å². The van der Waals surface area contributed by atoms with Gasteiger partial charge in [-0.15, -0.1) is 0 Å². The Morgan fingerprint density at radius 1 is 0.963 bits per heavy atom. The van der Waals surface area contributed by atoms with Crippen LogP contribution in [0.2, 0.25) is 0 Å². The van der Waals surface area contributed by atoms with Crippen LogP contribution in [0.25, 0.3) is 0 Å². The van der Waals surface area contributed by atoms with Crippen LogP contribution in [0.1, 0.15) is 57.8 Å². The van der Waals surface area contributed by atoms with Crippen LogP contribution < -0.4 is 10.6 Å². The van der Waals surface area contributed by atoms with Gasteiger partial charge >= 0.3 is 0 Å². The SMILES string of the molecule is CN=C(NCCCC1CCCC1)NCCN1CCN(C(=O)C2CCC2)CC1. The minimum absolute atomic E-state index is 0.335. The van der Waals surface area contributed by atoms with Crippen molar-refractivity contribution in [3.63, 3.8) is 0 Å². The van der Waals surface area contributed by atoms with Gasteiger partial charge in [0.2, 0.25) is 5.91 Å². The molecule has 2 N–H and O–H groups in total. The molecule has 1 amide bonds. The van der Waals surface area contributed by atoms with Crippen molar-refractivity contribution in [1.82, 2.24) is 20.4 Å². The van der Waals surface area contributed by atoms with Crippen molar-refractivity contribution >= 4 is 11.9 Å². The van der Waals surface area contributed by atoms with Crippen molar-refractivity contribution in [1.29, 1.82) is 0 Å². The molecule has 2 aliphatic carbocycles. The van der Waals surface area contributed by atoms with Crippen LogP contribution in [0.3, 0.4) is 0 Å². The van der Waals surface area contributed by atoms with Crippen molar-refractivity contribution in [2.24, 2.45) is 16.8 Å². The number of rotatable bonds is 8. The number of carbonyl (C=O) groups excluding carboxylic acids is 1. The standard InChI is InChI=1S/C21H39N5O/c1-22-21(23-11-5-8-18-6-2-3-7-18)24-12-13-25-14-16-26(17-15-25)20(27)19-9-4-10-19/h18-19H,2-17H2,1H3,(H2,22,23,24). The number of hydrogen-bond donors (Lipinski definition) is 2. The molecule has 0 aromatic carbocycles. The van der Waals surface area contributed by atoms with Crippen LogP contribution in [0.15, 0.2) is 4.99 Å². The molecule has 3 rings (SSSR count). The predicted molar refractivity (Wildman–Crippen MR) is 111 cm³/mol. The Kier molecular flexibility index (Phi) is 8.24. The van der Waals surface area contributed by atoms with Gasteiger partial charge in [0.05, 0.1) is 0 Å². The monoisotopic (exact) mass is 377 g/mol. The highest BCUT2D eigenvalue weighted by atomic mass is 16.2. The first-order valence-corrected chi connectivity index (χ1v) is 11.2. The lowest BCUT2D eigenvalue weighted by atomic mass is 9.84. The summed E-state index contributed by atoms with van der Waals surface area (Å²) in [5.41, 5.74) is 0. The Labute approximate surface area is 165 Å². The van der Waals surface area contributed by atoms with Crippen molar-refractivity contribution in [3.05, 3.63) is 0 Å². The highest BCUT2D eigenvalue weighted by molar-refractivity contribution is 5.80. The van der Waals surface area contributed by atoms with E-state index in [1.54, 1.807) is 0 Å². The van der Waals surface area contributed by atoms with E-state index in [2.05, 4.69) is 25.4 Å². The molecule has 0 aromatic rings. The molecule has 0 atom stereocenters. The van der Waals surface area contributed by atoms with Gasteiger partial charge in [-0.2, -0.15) is 0 Å². The van der Waals surface area contributed by atoms with E-state index < -0.39 is 0 Å². The van der Waals surface area contributed by atoms with Gasteiger partial charge in [-0.25, -0.2) is 0 Å². The molecule has 0 unspecified atom stereocenters. The predicted octanol–water partition coefficient (Wildman–Crippen LogP) is 2.07. The van der Waals surface area contributed by atoms with Crippen molar-refractivity contribution in [2.75, 3.05) is 52.9 Å². The van der Waals surface area contributed by atoms with Crippen LogP contribution in [0, 0.1) is 11.8 Å². The average Bonchev–Trinajstić information content (AvgIpc) is 3.16. The Hall–Kier alpha value is -1.30. The maximum atomic E-state index is 12.3. The summed E-state index contributed by atoms with van der Waals surface area (Å²) in [4.78, 5) is 21.2. The van der Waals surface area contributed by atoms with Gasteiger partial charge in [0.1, 0.15) is 0 Å². The number of carbonyl (C=O) groups is 1. The van der Waals surface area contributed by atoms with Crippen molar-refractivity contribution in [2.45, 2.75) is 57.8 Å². The molecule has 2 saturated carbocycles. The Morgan fingerprint density at radius 3 is 2.30 bits per heavy atom. The topological polar surface area (TPSA) is 60.0 Å². The summed E-state index contributed by atoms with van der Waals surface area (Å²) < 4.78 is 0. The third-order valence-corrected chi connectivity index (χ3v) is 6.64. The molecule has 1 aliphatic heterocycles. The minimum atomic E-state index is 0.335. The third kappa shape index (κ3) is 6.37. The molecule has 3 aliphatic rings. The molecule has 6 heteroatoms. The van der Waals surface area contributed by atoms with E-state index in [9.17, 15) is 4.79 Å². The van der Waals surface area contributed by atoms with E-state index in [1.165, 1.54) is 44.9 Å². The molecule has 3 fully saturated rings. The van der Waals surface area contributed by atoms with Crippen molar-refractivity contribution in [3.8, 4) is 0 Å². The number of piperazine rings is 1. The zero-order chi connectivity index (χ0) is 18.9. The minimum Gasteiger partial charge on any atom is -0.356 e. The molecule has 6 nitrogen and oxygen atoms in total. The lowest BCUT2D eigenvalue weighted by Crippen LogP contribution is -2.52. The summed E-state index contributed by atoms with van der Waals surface area (Å²) in [5, 5.41) is 6.88. The number of amides is 1. The zero-order valence-electron chi connectivity index (χ0n) is 17.2. The van der Waals surface area contributed by atoms with Crippen LogP contribution in [0.5, 0.6) is 0 Å². The highest BCUT2D eigenvalue weighted by Gasteiger charge is 2.30. The average molecular weight is 378 g/mol. The van der Waals surface area contributed by atoms with Gasteiger partial charge in [0, 0.05) is 58.8 Å². The van der Waals surface area contributed by atoms with E-state index in [-0.39, 0.29) is 0 Å². The maximum absolute atomic E-state index is 12.3. The lowest BCUT2D eigenvalue weighted by molar-refractivity contribution is -0.139. The molecule has 154 valence electrons. The van der Waals surface area contributed by atoms with Gasteiger partial charge in [-0.05, 0) is 31.6 Å². The number of guanidine groups is 1. The van der Waals surface area contributed by atoms with Gasteiger partial charge < -0.3 is 15.5 Å². The molecular formula is C21H39N5O. The number of nitrogens with one attached hydrogen (secondary N) is 2. The zero-order valence-corrected chi connectivity index (χ0v) is 17.2. The number of nitrogens with zero attached hydrogens (tertiary/aromatic N) is 3. The highest BCUT2D eigenvalue weighted by Crippen LogP contribution is 2.29. The molecule has 0 radical (unpaired) electrons. The van der Waals surface area contributed by atoms with E-state index in [1.807, 2.05) is 7.05 Å². The Balaban J connectivity index is 1.22. The van der Waals surface area contributed by atoms with Gasteiger partial charge in [0.25, 0.3) is 0 Å². The molecule has 27 heavy (non-hydrogen) atoms. The molecule has 0 bridgehead atoms. The second-order valence-electron chi connectivity index (χ2n) is 8.51. The molecular weight excluding hydrogens is 338 g/mol. The van der Waals surface area contributed by atoms with Gasteiger partial charge in [-0.1, -0.05) is 32.1 Å². The van der Waals surface area contributed by atoms with Gasteiger partial charge in [0.15, 0.2) is 5.96 Å². The summed E-state index contributed by atoms with van der Waals surface area (Å²) in [5.74, 6) is 2.62. The van der Waals surface area contributed by atoms with Crippen LogP contribution in [-0.4, -0.2) is 74.5 Å². The second-order valence-corrected chi connectivity index (χ2v) is 8.51. The van der Waals surface area contributed by atoms with Crippen molar-refractivity contribution < 1.29 is 4.79 Å². The molecule has 1 heterocycles. The van der Waals surface area contributed by atoms with Gasteiger partial charge in [-0.3, -0.25) is 14.7 Å². The maximum Gasteiger partial charge on any atom is 0.225 e. The summed E-state index contributed by atoms with van der Waals surface area (Å²) in [6, 6.07) is 0. The summed E-state index contributed by atoms with van der Waals surface area (Å²) in [6.45, 7) is 6.69. The van der Waals surface area contributed by atoms with E-state index in [0.29, 0.717) is 11.8 Å². The second kappa shape index (κ2) is 10.9. The fraction of sp³-hybridized carbons (Fsp3) is 0.905. The fourth-order valence-electron chi connectivity index (χ4n) is 4.55. The summed E-state index contributed by atoms with van der Waals surface area (Å²) >= 11 is 0. The molecule has 0 spiro atoms. The molecule has 1 saturated heterocycles. The number of aliphatic imine (C=N–C) groups is 1. The third-order valence-electron chi connectivity index (χ3n) is 6.64. The molecule has 0 aromatic heterocycles. The lowest BCUT2D eigenvalue weighted by Gasteiger charge is -2.38. The van der Waals surface area contributed by atoms with Crippen LogP contribution in [0.4, 0.5) is 0 Å². The Morgan fingerprint density at radius 2 is 1.67 bits per heavy atom.